The molecule has 1 saturated carbocycles. The lowest BCUT2D eigenvalue weighted by Crippen LogP contribution is -2.69. The van der Waals surface area contributed by atoms with Gasteiger partial charge < -0.3 is 89.1 Å². The molecule has 596 valence electrons. The Morgan fingerprint density at radius 1 is 0.347 bits per heavy atom. The summed E-state index contributed by atoms with van der Waals surface area (Å²) < 4.78 is 65.2. The largest absolute Gasteiger partial charge is 0.472 e. The van der Waals surface area contributed by atoms with Crippen LogP contribution in [0.15, 0.2) is 0 Å². The molecule has 0 aromatic carbocycles. The number of hydrogen-bond donors (Lipinski definition) is 11. The van der Waals surface area contributed by atoms with Crippen molar-refractivity contribution in [3.05, 3.63) is 0 Å². The molecule has 0 aromatic heterocycles. The highest BCUT2D eigenvalue weighted by atomic mass is 31.2. The van der Waals surface area contributed by atoms with Crippen LogP contribution < -0.4 is 0 Å². The summed E-state index contributed by atoms with van der Waals surface area (Å²) in [6.45, 7) is 3.51. The van der Waals surface area contributed by atoms with Gasteiger partial charge >= 0.3 is 25.7 Å². The zero-order valence-corrected chi connectivity index (χ0v) is 63.4. The molecule has 1 aliphatic carbocycles. The van der Waals surface area contributed by atoms with Gasteiger partial charge in [0.1, 0.15) is 98.7 Å². The number of hydrogen-bond acceptors (Lipinski definition) is 23. The quantitative estimate of drug-likeness (QED) is 0.0117. The average molecular weight is 1470 g/mol. The fourth-order valence-corrected chi connectivity index (χ4v) is 14.5. The molecule has 3 aliphatic rings. The molecule has 24 nitrogen and oxygen atoms in total. The number of ether oxygens (including phenoxy) is 7. The highest BCUT2D eigenvalue weighted by molar-refractivity contribution is 7.47. The van der Waals surface area contributed by atoms with Crippen LogP contribution in [0.2, 0.25) is 0 Å². The van der Waals surface area contributed by atoms with Crippen LogP contribution in [0.5, 0.6) is 0 Å². The van der Waals surface area contributed by atoms with Crippen molar-refractivity contribution in [2.24, 2.45) is 0 Å². The Morgan fingerprint density at radius 3 is 0.970 bits per heavy atom. The molecule has 101 heavy (non-hydrogen) atoms. The van der Waals surface area contributed by atoms with Crippen LogP contribution in [0, 0.1) is 0 Å². The lowest BCUT2D eigenvalue weighted by Gasteiger charge is -2.49. The summed E-state index contributed by atoms with van der Waals surface area (Å²) in [6.07, 6.45) is 17.1. The van der Waals surface area contributed by atoms with E-state index >= 15 is 0 Å². The van der Waals surface area contributed by atoms with E-state index in [0.717, 1.165) is 89.9 Å². The number of unbranched alkanes of at least 4 members (excludes halogenated alkanes) is 43. The maximum absolute atomic E-state index is 14.4. The van der Waals surface area contributed by atoms with Crippen LogP contribution in [0.25, 0.3) is 0 Å². The van der Waals surface area contributed by atoms with E-state index in [1.807, 2.05) is 0 Å². The van der Waals surface area contributed by atoms with Gasteiger partial charge in [0, 0.05) is 19.3 Å². The summed E-state index contributed by atoms with van der Waals surface area (Å²) in [5, 5.41) is 110. The minimum Gasteiger partial charge on any atom is -0.463 e. The van der Waals surface area contributed by atoms with E-state index in [4.69, 9.17) is 42.2 Å². The first-order valence-corrected chi connectivity index (χ1v) is 41.8. The van der Waals surface area contributed by atoms with Gasteiger partial charge in [-0.1, -0.05) is 297 Å². The molecule has 2 heterocycles. The Bertz CT molecular complexity index is 2080. The highest BCUT2D eigenvalue weighted by Gasteiger charge is 2.58. The van der Waals surface area contributed by atoms with Crippen molar-refractivity contribution in [3.8, 4) is 0 Å². The van der Waals surface area contributed by atoms with Gasteiger partial charge in [-0.2, -0.15) is 0 Å². The molecule has 0 bridgehead atoms. The third-order valence-electron chi connectivity index (χ3n) is 20.1. The lowest BCUT2D eigenvalue weighted by atomic mass is 9.84. The van der Waals surface area contributed by atoms with Crippen LogP contribution in [0.1, 0.15) is 335 Å². The topological polar surface area (TPSA) is 374 Å². The fraction of sp³-hybridized carbons (Fsp3) is 0.961. The number of rotatable bonds is 64. The zero-order chi connectivity index (χ0) is 73.9. The Labute approximate surface area is 606 Å². The minimum atomic E-state index is -5.69. The molecule has 18 unspecified atom stereocenters. The van der Waals surface area contributed by atoms with Gasteiger partial charge in [0.15, 0.2) is 18.7 Å². The number of carbonyl (C=O) groups is 3. The van der Waals surface area contributed by atoms with Gasteiger partial charge in [-0.05, 0) is 19.3 Å². The maximum Gasteiger partial charge on any atom is 0.472 e. The van der Waals surface area contributed by atoms with E-state index < -0.39 is 156 Å². The van der Waals surface area contributed by atoms with Crippen molar-refractivity contribution >= 4 is 25.7 Å². The standard InChI is InChI=1S/C76H143O24P/c1-4-7-10-13-16-19-22-25-28-29-31-34-37-40-43-46-49-52-62(80)95-57(54-92-60(78)50-47-44-41-38-35-32-27-24-21-18-15-12-9-6-3)55-94-101(90,91)100-74-72(98-75-70(88)65(83)63(81)58(53-77)96-75)68(86)67(85)69(87)73(74)99-76-71(89)66(84)64(82)59(97-76)56-93-61(79)51-48-45-42-39-36-33-30-26-23-20-17-14-11-8-5-2/h57-59,63-77,81-89H,4-56H2,1-3H3,(H,90,91). The normalized spacial score (nSPS) is 27.1. The Morgan fingerprint density at radius 2 is 0.634 bits per heavy atom. The van der Waals surface area contributed by atoms with Crippen LogP contribution in [-0.4, -0.2) is 204 Å². The van der Waals surface area contributed by atoms with Crippen LogP contribution in [0.3, 0.4) is 0 Å². The molecule has 0 aromatic rings. The van der Waals surface area contributed by atoms with Gasteiger partial charge in [-0.15, -0.1) is 0 Å². The number of aliphatic hydroxyl groups is 10. The van der Waals surface area contributed by atoms with Crippen molar-refractivity contribution in [2.75, 3.05) is 26.4 Å². The lowest BCUT2D eigenvalue weighted by molar-refractivity contribution is -0.360. The van der Waals surface area contributed by atoms with Crippen molar-refractivity contribution in [1.29, 1.82) is 0 Å². The summed E-state index contributed by atoms with van der Waals surface area (Å²) in [4.78, 5) is 51.1. The molecule has 11 N–H and O–H groups in total. The van der Waals surface area contributed by atoms with Crippen LogP contribution in [0.4, 0.5) is 0 Å². The maximum atomic E-state index is 14.4. The van der Waals surface area contributed by atoms with E-state index in [9.17, 15) is 74.9 Å². The summed E-state index contributed by atoms with van der Waals surface area (Å²) in [7, 11) is -5.69. The van der Waals surface area contributed by atoms with Crippen LogP contribution >= 0.6 is 7.82 Å². The molecule has 2 aliphatic heterocycles. The fourth-order valence-electron chi connectivity index (χ4n) is 13.6. The first-order valence-electron chi connectivity index (χ1n) is 40.3. The second-order valence-corrected chi connectivity index (χ2v) is 30.6. The van der Waals surface area contributed by atoms with Gasteiger partial charge in [0.25, 0.3) is 0 Å². The van der Waals surface area contributed by atoms with E-state index in [0.29, 0.717) is 19.3 Å². The molecule has 18 atom stereocenters. The molecule has 3 fully saturated rings. The highest BCUT2D eigenvalue weighted by Crippen LogP contribution is 2.49. The predicted molar refractivity (Wildman–Crippen MR) is 384 cm³/mol. The van der Waals surface area contributed by atoms with Crippen molar-refractivity contribution < 1.29 is 117 Å². The third kappa shape index (κ3) is 40.7. The Kier molecular flexibility index (Phi) is 53.5. The smallest absolute Gasteiger partial charge is 0.463 e. The Hall–Kier alpha value is -2.04. The summed E-state index contributed by atoms with van der Waals surface area (Å²) in [5.74, 6) is -1.97. The predicted octanol–water partition coefficient (Wildman–Crippen LogP) is 12.1. The van der Waals surface area contributed by atoms with Crippen molar-refractivity contribution in [1.82, 2.24) is 0 Å². The summed E-state index contributed by atoms with van der Waals surface area (Å²) in [5.41, 5.74) is 0. The first-order chi connectivity index (χ1) is 48.8. The monoisotopic (exact) mass is 1470 g/mol. The molecule has 3 rings (SSSR count). The molecular weight excluding hydrogens is 1330 g/mol. The van der Waals surface area contributed by atoms with Gasteiger partial charge in [-0.25, -0.2) is 4.57 Å². The van der Waals surface area contributed by atoms with Gasteiger partial charge in [-0.3, -0.25) is 23.4 Å². The molecule has 0 radical (unpaired) electrons. The molecule has 0 amide bonds. The first kappa shape index (κ1) is 93.2. The number of phosphoric acid groups is 1. The second-order valence-electron chi connectivity index (χ2n) is 29.2. The zero-order valence-electron chi connectivity index (χ0n) is 62.5. The number of phosphoric ester groups is 1. The molecular formula is C76H143O24P. The van der Waals surface area contributed by atoms with Gasteiger partial charge in [0.05, 0.1) is 13.2 Å². The Balaban J connectivity index is 1.70. The second kappa shape index (κ2) is 58.0. The van der Waals surface area contributed by atoms with Crippen LogP contribution in [-0.2, 0) is 61.2 Å². The van der Waals surface area contributed by atoms with E-state index in [1.165, 1.54) is 186 Å². The minimum absolute atomic E-state index is 0.0325. The molecule has 0 spiro atoms. The van der Waals surface area contributed by atoms with E-state index in [-0.39, 0.29) is 19.3 Å². The molecule has 25 heteroatoms. The van der Waals surface area contributed by atoms with Crippen molar-refractivity contribution in [2.45, 2.75) is 440 Å². The number of carbonyl (C=O) groups excluding carboxylic acids is 3. The van der Waals surface area contributed by atoms with E-state index in [1.54, 1.807) is 0 Å². The average Bonchev–Trinajstić information content (AvgIpc) is 0.772. The van der Waals surface area contributed by atoms with Crippen molar-refractivity contribution in [3.63, 3.8) is 0 Å². The number of esters is 3. The van der Waals surface area contributed by atoms with Gasteiger partial charge in [0.2, 0.25) is 0 Å². The number of aliphatic hydroxyl groups excluding tert-OH is 10. The molecule has 2 saturated heterocycles. The SMILES string of the molecule is CCCCCCCCCCCCCCCCCCCC(=O)OC(COC(=O)CCCCCCCCCCCCCCCC)COP(=O)(O)OC1C(OC2OC(CO)C(O)C(O)C2O)C(O)C(O)C(O)C1OC1OC(COC(=O)CCCCCCCCCCCCCCCCC)C(O)C(O)C1O. The summed E-state index contributed by atoms with van der Waals surface area (Å²) in [6, 6.07) is 0. The van der Waals surface area contributed by atoms with E-state index in [2.05, 4.69) is 20.8 Å². The summed E-state index contributed by atoms with van der Waals surface area (Å²) >= 11 is 0. The third-order valence-corrected chi connectivity index (χ3v) is 21.1.